The maximum absolute atomic E-state index is 4.34. The van der Waals surface area contributed by atoms with Crippen molar-refractivity contribution in [2.24, 2.45) is 0 Å². The highest BCUT2D eigenvalue weighted by Crippen LogP contribution is 2.29. The molecular weight excluding hydrogens is 254 g/mol. The predicted octanol–water partition coefficient (Wildman–Crippen LogP) is 3.71. The molecule has 1 N–H and O–H groups in total. The molecule has 0 fully saturated rings. The maximum Gasteiger partial charge on any atom is 0.148 e. The van der Waals surface area contributed by atoms with Crippen LogP contribution in [0.5, 0.6) is 0 Å². The molecule has 0 saturated heterocycles. The Morgan fingerprint density at radius 3 is 2.32 bits per heavy atom. The fourth-order valence-electron chi connectivity index (χ4n) is 1.92. The summed E-state index contributed by atoms with van der Waals surface area (Å²) in [4.78, 5) is 0. The molecule has 0 bridgehead atoms. The Kier molecular flexibility index (Phi) is 4.02. The molecule has 2 rings (SSSR count). The standard InChI is InChI=1S/C15H21N3S/c1-10-7-6-8-11(2)13(10)14-18-17-12(19-14)9-16-15(3,4)5/h6-8,16H,9H2,1-5H3. The third-order valence-electron chi connectivity index (χ3n) is 2.93. The monoisotopic (exact) mass is 275 g/mol. The molecule has 3 nitrogen and oxygen atoms in total. The van der Waals surface area contributed by atoms with Crippen molar-refractivity contribution in [2.75, 3.05) is 0 Å². The van der Waals surface area contributed by atoms with E-state index in [1.165, 1.54) is 16.7 Å². The van der Waals surface area contributed by atoms with Gasteiger partial charge in [-0.05, 0) is 45.7 Å². The van der Waals surface area contributed by atoms with Gasteiger partial charge in [-0.25, -0.2) is 0 Å². The molecule has 0 aliphatic rings. The molecule has 0 saturated carbocycles. The summed E-state index contributed by atoms with van der Waals surface area (Å²) in [7, 11) is 0. The average Bonchev–Trinajstić information content (AvgIpc) is 2.74. The quantitative estimate of drug-likeness (QED) is 0.928. The van der Waals surface area contributed by atoms with Gasteiger partial charge < -0.3 is 5.32 Å². The van der Waals surface area contributed by atoms with E-state index in [0.717, 1.165) is 16.6 Å². The molecule has 19 heavy (non-hydrogen) atoms. The fraction of sp³-hybridized carbons (Fsp3) is 0.467. The molecule has 0 spiro atoms. The van der Waals surface area contributed by atoms with Crippen molar-refractivity contribution in [3.05, 3.63) is 34.3 Å². The molecule has 102 valence electrons. The first-order valence-electron chi connectivity index (χ1n) is 6.51. The summed E-state index contributed by atoms with van der Waals surface area (Å²) in [5, 5.41) is 14.1. The third kappa shape index (κ3) is 3.61. The van der Waals surface area contributed by atoms with Crippen LogP contribution in [0.4, 0.5) is 0 Å². The van der Waals surface area contributed by atoms with Crippen LogP contribution in [0.15, 0.2) is 18.2 Å². The summed E-state index contributed by atoms with van der Waals surface area (Å²) in [5.41, 5.74) is 3.84. The molecule has 2 aromatic rings. The van der Waals surface area contributed by atoms with Gasteiger partial charge in [0.25, 0.3) is 0 Å². The summed E-state index contributed by atoms with van der Waals surface area (Å²) >= 11 is 1.67. The maximum atomic E-state index is 4.34. The number of rotatable bonds is 3. The lowest BCUT2D eigenvalue weighted by Gasteiger charge is -2.19. The zero-order valence-electron chi connectivity index (χ0n) is 12.2. The Hall–Kier alpha value is -1.26. The van der Waals surface area contributed by atoms with Crippen molar-refractivity contribution in [3.63, 3.8) is 0 Å². The van der Waals surface area contributed by atoms with Crippen molar-refractivity contribution in [3.8, 4) is 10.6 Å². The second-order valence-corrected chi connectivity index (χ2v) is 6.93. The number of nitrogens with one attached hydrogen (secondary N) is 1. The minimum absolute atomic E-state index is 0.102. The van der Waals surface area contributed by atoms with Crippen molar-refractivity contribution in [1.29, 1.82) is 0 Å². The highest BCUT2D eigenvalue weighted by Gasteiger charge is 2.13. The highest BCUT2D eigenvalue weighted by atomic mass is 32.1. The molecule has 0 radical (unpaired) electrons. The van der Waals surface area contributed by atoms with Gasteiger partial charge in [0.15, 0.2) is 0 Å². The molecule has 4 heteroatoms. The molecule has 0 aliphatic heterocycles. The van der Waals surface area contributed by atoms with Crippen LogP contribution in [0, 0.1) is 13.8 Å². The second kappa shape index (κ2) is 5.39. The van der Waals surface area contributed by atoms with Crippen LogP contribution in [0.25, 0.3) is 10.6 Å². The summed E-state index contributed by atoms with van der Waals surface area (Å²) in [5.74, 6) is 0. The van der Waals surface area contributed by atoms with E-state index >= 15 is 0 Å². The first kappa shape index (κ1) is 14.2. The van der Waals surface area contributed by atoms with Gasteiger partial charge in [-0.3, -0.25) is 0 Å². The second-order valence-electron chi connectivity index (χ2n) is 5.87. The summed E-state index contributed by atoms with van der Waals surface area (Å²) < 4.78 is 0. The average molecular weight is 275 g/mol. The molecule has 0 amide bonds. The van der Waals surface area contributed by atoms with Crippen molar-refractivity contribution < 1.29 is 0 Å². The van der Waals surface area contributed by atoms with E-state index in [4.69, 9.17) is 0 Å². The zero-order chi connectivity index (χ0) is 14.0. The smallest absolute Gasteiger partial charge is 0.148 e. The van der Waals surface area contributed by atoms with Crippen molar-refractivity contribution >= 4 is 11.3 Å². The van der Waals surface area contributed by atoms with Crippen molar-refractivity contribution in [2.45, 2.75) is 46.7 Å². The van der Waals surface area contributed by atoms with Crippen LogP contribution in [-0.4, -0.2) is 15.7 Å². The number of aromatic nitrogens is 2. The van der Waals surface area contributed by atoms with Gasteiger partial charge >= 0.3 is 0 Å². The van der Waals surface area contributed by atoms with Gasteiger partial charge in [0.05, 0.1) is 6.54 Å². The number of benzene rings is 1. The number of aryl methyl sites for hydroxylation is 2. The van der Waals surface area contributed by atoms with Crippen LogP contribution < -0.4 is 5.32 Å². The van der Waals surface area contributed by atoms with Crippen LogP contribution >= 0.6 is 11.3 Å². The van der Waals surface area contributed by atoms with Gasteiger partial charge in [-0.15, -0.1) is 10.2 Å². The number of hydrogen-bond acceptors (Lipinski definition) is 4. The minimum Gasteiger partial charge on any atom is -0.306 e. The zero-order valence-corrected chi connectivity index (χ0v) is 13.1. The summed E-state index contributed by atoms with van der Waals surface area (Å²) in [6.45, 7) is 11.5. The lowest BCUT2D eigenvalue weighted by molar-refractivity contribution is 0.423. The van der Waals surface area contributed by atoms with Gasteiger partial charge in [0, 0.05) is 11.1 Å². The van der Waals surface area contributed by atoms with Gasteiger partial charge in [-0.2, -0.15) is 0 Å². The normalized spacial score (nSPS) is 11.8. The first-order valence-corrected chi connectivity index (χ1v) is 7.32. The van der Waals surface area contributed by atoms with Gasteiger partial charge in [0.2, 0.25) is 0 Å². The Morgan fingerprint density at radius 2 is 1.74 bits per heavy atom. The summed E-state index contributed by atoms with van der Waals surface area (Å²) in [6, 6.07) is 6.32. The third-order valence-corrected chi connectivity index (χ3v) is 3.87. The molecule has 0 aliphatic carbocycles. The molecule has 0 atom stereocenters. The Morgan fingerprint density at radius 1 is 1.11 bits per heavy atom. The van der Waals surface area contributed by atoms with Crippen LogP contribution in [0.1, 0.15) is 36.9 Å². The van der Waals surface area contributed by atoms with E-state index in [-0.39, 0.29) is 5.54 Å². The van der Waals surface area contributed by atoms with E-state index in [9.17, 15) is 0 Å². The van der Waals surface area contributed by atoms with Crippen LogP contribution in [0.3, 0.4) is 0 Å². The van der Waals surface area contributed by atoms with Gasteiger partial charge in [-0.1, -0.05) is 29.5 Å². The van der Waals surface area contributed by atoms with E-state index in [1.54, 1.807) is 11.3 Å². The molecule has 0 unspecified atom stereocenters. The largest absolute Gasteiger partial charge is 0.306 e. The fourth-order valence-corrected chi connectivity index (χ4v) is 2.87. The molecule has 1 aromatic heterocycles. The minimum atomic E-state index is 0.102. The number of nitrogens with zero attached hydrogens (tertiary/aromatic N) is 2. The highest BCUT2D eigenvalue weighted by molar-refractivity contribution is 7.14. The SMILES string of the molecule is Cc1cccc(C)c1-c1nnc(CNC(C)(C)C)s1. The summed E-state index contributed by atoms with van der Waals surface area (Å²) in [6.07, 6.45) is 0. The lowest BCUT2D eigenvalue weighted by Crippen LogP contribution is -2.35. The van der Waals surface area contributed by atoms with E-state index < -0.39 is 0 Å². The predicted molar refractivity (Wildman–Crippen MR) is 81.4 cm³/mol. The molecule has 1 aromatic carbocycles. The lowest BCUT2D eigenvalue weighted by atomic mass is 10.0. The topological polar surface area (TPSA) is 37.8 Å². The Labute approximate surface area is 119 Å². The van der Waals surface area contributed by atoms with Crippen LogP contribution in [0.2, 0.25) is 0 Å². The molecular formula is C15H21N3S. The van der Waals surface area contributed by atoms with Crippen LogP contribution in [-0.2, 0) is 6.54 Å². The first-order chi connectivity index (χ1) is 8.87. The Bertz CT molecular complexity index is 547. The molecule has 1 heterocycles. The van der Waals surface area contributed by atoms with E-state index in [1.807, 2.05) is 0 Å². The van der Waals surface area contributed by atoms with Gasteiger partial charge in [0.1, 0.15) is 10.0 Å². The number of hydrogen-bond donors (Lipinski definition) is 1. The van der Waals surface area contributed by atoms with Crippen molar-refractivity contribution in [1.82, 2.24) is 15.5 Å². The van der Waals surface area contributed by atoms with E-state index in [2.05, 4.69) is 68.3 Å². The Balaban J connectivity index is 2.22. The van der Waals surface area contributed by atoms with E-state index in [0.29, 0.717) is 0 Å².